The average molecular weight is 365 g/mol. The van der Waals surface area contributed by atoms with E-state index in [4.69, 9.17) is 9.47 Å². The number of carbonyl (C=O) groups excluding carboxylic acids is 1. The van der Waals surface area contributed by atoms with E-state index in [9.17, 15) is 4.79 Å². The van der Waals surface area contributed by atoms with E-state index in [1.807, 2.05) is 54.8 Å². The predicted molar refractivity (Wildman–Crippen MR) is 99.0 cm³/mol. The van der Waals surface area contributed by atoms with Crippen molar-refractivity contribution in [3.63, 3.8) is 0 Å². The first-order valence-electron chi connectivity index (χ1n) is 8.21. The summed E-state index contributed by atoms with van der Waals surface area (Å²) in [5.41, 5.74) is 2.99. The van der Waals surface area contributed by atoms with Gasteiger partial charge >= 0.3 is 0 Å². The van der Waals surface area contributed by atoms with Crippen LogP contribution >= 0.6 is 11.3 Å². The Morgan fingerprint density at radius 3 is 2.88 bits per heavy atom. The lowest BCUT2D eigenvalue weighted by molar-refractivity contribution is 0.0974. The highest BCUT2D eigenvalue weighted by atomic mass is 32.1. The molecular formula is C19H15N3O3S. The molecule has 130 valence electrons. The first-order valence-corrected chi connectivity index (χ1v) is 9.09. The summed E-state index contributed by atoms with van der Waals surface area (Å²) in [4.78, 5) is 19.6. The number of aryl methyl sites for hydroxylation is 1. The molecule has 7 heteroatoms. The number of aromatic nitrogens is 1. The summed E-state index contributed by atoms with van der Waals surface area (Å²) in [5.74, 6) is 1.25. The van der Waals surface area contributed by atoms with Gasteiger partial charge in [-0.2, -0.15) is 0 Å². The first-order chi connectivity index (χ1) is 12.7. The summed E-state index contributed by atoms with van der Waals surface area (Å²) < 4.78 is 10.9. The zero-order valence-electron chi connectivity index (χ0n) is 13.9. The van der Waals surface area contributed by atoms with Crippen LogP contribution in [0.2, 0.25) is 0 Å². The van der Waals surface area contributed by atoms with Crippen LogP contribution in [0.3, 0.4) is 0 Å². The molecule has 2 aliphatic heterocycles. The van der Waals surface area contributed by atoms with Crippen molar-refractivity contribution < 1.29 is 14.3 Å². The summed E-state index contributed by atoms with van der Waals surface area (Å²) in [6.45, 7) is 2.15. The maximum absolute atomic E-state index is 13.3. The standard InChI is InChI=1S/C19H15N3O3S/c1-11-20-15(9-26-11)18-21-14-5-3-2-4-13(14)19(23)22(18)12-6-7-16-17(8-12)25-10-24-16/h2-9,18,21H,10H2,1H3/t18-/m0/s1. The van der Waals surface area contributed by atoms with Crippen LogP contribution in [0.25, 0.3) is 0 Å². The Balaban J connectivity index is 1.65. The lowest BCUT2D eigenvalue weighted by Crippen LogP contribution is -2.43. The van der Waals surface area contributed by atoms with Gasteiger partial charge in [0.05, 0.1) is 22.0 Å². The molecule has 0 saturated heterocycles. The first kappa shape index (κ1) is 15.2. The molecule has 26 heavy (non-hydrogen) atoms. The molecule has 0 unspecified atom stereocenters. The smallest absolute Gasteiger partial charge is 0.262 e. The fourth-order valence-electron chi connectivity index (χ4n) is 3.27. The van der Waals surface area contributed by atoms with Crippen LogP contribution in [0.5, 0.6) is 11.5 Å². The highest BCUT2D eigenvalue weighted by Gasteiger charge is 2.35. The molecule has 1 amide bonds. The Kier molecular flexibility index (Phi) is 3.36. The molecule has 0 aliphatic carbocycles. The number of nitrogens with zero attached hydrogens (tertiary/aromatic N) is 2. The van der Waals surface area contributed by atoms with Gasteiger partial charge in [0.2, 0.25) is 6.79 Å². The van der Waals surface area contributed by atoms with Crippen molar-refractivity contribution in [1.82, 2.24) is 4.98 Å². The zero-order valence-corrected chi connectivity index (χ0v) is 14.7. The SMILES string of the molecule is Cc1nc([C@H]2Nc3ccccc3C(=O)N2c2ccc3c(c2)OCO3)cs1. The third-order valence-electron chi connectivity index (χ3n) is 4.48. The molecule has 1 aromatic heterocycles. The highest BCUT2D eigenvalue weighted by Crippen LogP contribution is 2.41. The van der Waals surface area contributed by atoms with Gasteiger partial charge in [-0.1, -0.05) is 12.1 Å². The van der Waals surface area contributed by atoms with E-state index in [2.05, 4.69) is 10.3 Å². The lowest BCUT2D eigenvalue weighted by atomic mass is 10.1. The van der Waals surface area contributed by atoms with Gasteiger partial charge < -0.3 is 14.8 Å². The van der Waals surface area contributed by atoms with Gasteiger partial charge in [-0.15, -0.1) is 11.3 Å². The predicted octanol–water partition coefficient (Wildman–Crippen LogP) is 3.95. The van der Waals surface area contributed by atoms with Gasteiger partial charge in [0.1, 0.15) is 0 Å². The summed E-state index contributed by atoms with van der Waals surface area (Å²) in [6.07, 6.45) is -0.386. The van der Waals surface area contributed by atoms with E-state index in [0.717, 1.165) is 22.1 Å². The summed E-state index contributed by atoms with van der Waals surface area (Å²) in [6, 6.07) is 13.1. The second-order valence-electron chi connectivity index (χ2n) is 6.10. The Hall–Kier alpha value is -3.06. The molecule has 0 radical (unpaired) electrons. The van der Waals surface area contributed by atoms with Crippen LogP contribution in [-0.4, -0.2) is 17.7 Å². The average Bonchev–Trinajstić information content (AvgIpc) is 3.29. The number of ether oxygens (including phenoxy) is 2. The molecule has 1 N–H and O–H groups in total. The van der Waals surface area contributed by atoms with E-state index in [1.54, 1.807) is 16.2 Å². The van der Waals surface area contributed by atoms with Crippen molar-refractivity contribution in [2.24, 2.45) is 0 Å². The molecule has 2 aliphatic rings. The number of rotatable bonds is 2. The second-order valence-corrected chi connectivity index (χ2v) is 7.16. The zero-order chi connectivity index (χ0) is 17.7. The number of carbonyl (C=O) groups is 1. The molecule has 1 atom stereocenters. The van der Waals surface area contributed by atoms with Crippen LogP contribution in [-0.2, 0) is 0 Å². The van der Waals surface area contributed by atoms with Crippen molar-refractivity contribution in [1.29, 1.82) is 0 Å². The highest BCUT2D eigenvalue weighted by molar-refractivity contribution is 7.09. The Bertz CT molecular complexity index is 1020. The van der Waals surface area contributed by atoms with Crippen LogP contribution in [0.1, 0.15) is 27.2 Å². The number of anilines is 2. The van der Waals surface area contributed by atoms with Gasteiger partial charge in [0, 0.05) is 17.1 Å². The number of hydrogen-bond acceptors (Lipinski definition) is 6. The minimum absolute atomic E-state index is 0.0751. The Morgan fingerprint density at radius 2 is 2.04 bits per heavy atom. The molecule has 0 spiro atoms. The van der Waals surface area contributed by atoms with Gasteiger partial charge in [-0.05, 0) is 31.2 Å². The quantitative estimate of drug-likeness (QED) is 0.745. The normalized spacial score (nSPS) is 17.8. The molecule has 5 rings (SSSR count). The van der Waals surface area contributed by atoms with Gasteiger partial charge in [-0.25, -0.2) is 4.98 Å². The fourth-order valence-corrected chi connectivity index (χ4v) is 3.90. The minimum Gasteiger partial charge on any atom is -0.454 e. The van der Waals surface area contributed by atoms with Crippen molar-refractivity contribution in [3.05, 3.63) is 64.1 Å². The van der Waals surface area contributed by atoms with Crippen molar-refractivity contribution in [2.75, 3.05) is 17.0 Å². The topological polar surface area (TPSA) is 63.7 Å². The number of hydrogen-bond donors (Lipinski definition) is 1. The van der Waals surface area contributed by atoms with E-state index in [1.165, 1.54) is 0 Å². The van der Waals surface area contributed by atoms with E-state index >= 15 is 0 Å². The van der Waals surface area contributed by atoms with Crippen LogP contribution < -0.4 is 19.7 Å². The Labute approximate surface area is 154 Å². The van der Waals surface area contributed by atoms with E-state index in [-0.39, 0.29) is 18.9 Å². The number of thiazole rings is 1. The largest absolute Gasteiger partial charge is 0.454 e. The molecular weight excluding hydrogens is 350 g/mol. The number of para-hydroxylation sites is 1. The fraction of sp³-hybridized carbons (Fsp3) is 0.158. The molecule has 0 fully saturated rings. The summed E-state index contributed by atoms with van der Waals surface area (Å²) >= 11 is 1.56. The lowest BCUT2D eigenvalue weighted by Gasteiger charge is -2.37. The second kappa shape index (κ2) is 5.74. The van der Waals surface area contributed by atoms with Crippen molar-refractivity contribution in [2.45, 2.75) is 13.1 Å². The molecule has 3 aromatic rings. The Morgan fingerprint density at radius 1 is 1.19 bits per heavy atom. The van der Waals surface area contributed by atoms with E-state index < -0.39 is 0 Å². The molecule has 2 aromatic carbocycles. The number of fused-ring (bicyclic) bond motifs is 2. The van der Waals surface area contributed by atoms with Crippen molar-refractivity contribution >= 4 is 28.6 Å². The monoisotopic (exact) mass is 365 g/mol. The molecule has 0 saturated carbocycles. The van der Waals surface area contributed by atoms with Crippen molar-refractivity contribution in [3.8, 4) is 11.5 Å². The van der Waals surface area contributed by atoms with Crippen LogP contribution in [0.4, 0.5) is 11.4 Å². The summed E-state index contributed by atoms with van der Waals surface area (Å²) in [5, 5.41) is 6.39. The third kappa shape index (κ3) is 2.32. The van der Waals surface area contributed by atoms with Crippen LogP contribution in [0, 0.1) is 6.92 Å². The number of nitrogens with one attached hydrogen (secondary N) is 1. The van der Waals surface area contributed by atoms with Gasteiger partial charge in [0.25, 0.3) is 5.91 Å². The molecule has 6 nitrogen and oxygen atoms in total. The number of amides is 1. The van der Waals surface area contributed by atoms with E-state index in [0.29, 0.717) is 17.1 Å². The number of benzene rings is 2. The van der Waals surface area contributed by atoms with Gasteiger partial charge in [-0.3, -0.25) is 9.69 Å². The van der Waals surface area contributed by atoms with Crippen LogP contribution in [0.15, 0.2) is 47.8 Å². The third-order valence-corrected chi connectivity index (χ3v) is 5.27. The molecule has 0 bridgehead atoms. The maximum Gasteiger partial charge on any atom is 0.262 e. The minimum atomic E-state index is -0.386. The molecule has 3 heterocycles. The van der Waals surface area contributed by atoms with Gasteiger partial charge in [0.15, 0.2) is 17.7 Å². The maximum atomic E-state index is 13.3. The summed E-state index contributed by atoms with van der Waals surface area (Å²) in [7, 11) is 0.